The number of para-hydroxylation sites is 2. The second-order valence-corrected chi connectivity index (χ2v) is 5.32. The molecule has 0 saturated carbocycles. The number of hydrogen-bond acceptors (Lipinski definition) is 5. The monoisotopic (exact) mass is 313 g/mol. The molecule has 120 valence electrons. The van der Waals surface area contributed by atoms with E-state index < -0.39 is 6.10 Å². The zero-order valence-electron chi connectivity index (χ0n) is 12.6. The van der Waals surface area contributed by atoms with E-state index >= 15 is 0 Å². The van der Waals surface area contributed by atoms with E-state index in [2.05, 4.69) is 4.98 Å². The number of aromatic nitrogens is 2. The predicted octanol–water partition coefficient (Wildman–Crippen LogP) is 1.55. The summed E-state index contributed by atoms with van der Waals surface area (Å²) in [6.07, 6.45) is -0.726. The average molecular weight is 313 g/mol. The summed E-state index contributed by atoms with van der Waals surface area (Å²) in [6.45, 7) is 0.257. The summed E-state index contributed by atoms with van der Waals surface area (Å²) in [5, 5.41) is 19.7. The number of aliphatic hydroxyl groups is 2. The van der Waals surface area contributed by atoms with Gasteiger partial charge < -0.3 is 25.3 Å². The van der Waals surface area contributed by atoms with Gasteiger partial charge in [-0.1, -0.05) is 12.1 Å². The molecule has 6 nitrogen and oxygen atoms in total. The first-order valence-electron chi connectivity index (χ1n) is 7.39. The Kier molecular flexibility index (Phi) is 4.45. The van der Waals surface area contributed by atoms with E-state index in [4.69, 9.17) is 10.5 Å². The van der Waals surface area contributed by atoms with E-state index in [-0.39, 0.29) is 13.2 Å². The Bertz CT molecular complexity index is 783. The van der Waals surface area contributed by atoms with Gasteiger partial charge in [0.2, 0.25) is 0 Å². The maximum absolute atomic E-state index is 10.2. The van der Waals surface area contributed by atoms with E-state index in [9.17, 15) is 10.2 Å². The maximum Gasteiger partial charge on any atom is 0.135 e. The number of imidazole rings is 1. The van der Waals surface area contributed by atoms with Crippen LogP contribution in [0.25, 0.3) is 11.0 Å². The van der Waals surface area contributed by atoms with Crippen LogP contribution in [0.2, 0.25) is 0 Å². The highest BCUT2D eigenvalue weighted by molar-refractivity contribution is 5.75. The summed E-state index contributed by atoms with van der Waals surface area (Å²) >= 11 is 0. The molecule has 0 aliphatic rings. The summed E-state index contributed by atoms with van der Waals surface area (Å²) < 4.78 is 7.37. The summed E-state index contributed by atoms with van der Waals surface area (Å²) in [7, 11) is 0. The lowest BCUT2D eigenvalue weighted by atomic mass is 10.3. The van der Waals surface area contributed by atoms with E-state index in [1.807, 2.05) is 28.8 Å². The third-order valence-electron chi connectivity index (χ3n) is 3.59. The smallest absolute Gasteiger partial charge is 0.135 e. The van der Waals surface area contributed by atoms with Crippen LogP contribution in [0, 0.1) is 0 Å². The normalized spacial score (nSPS) is 12.4. The summed E-state index contributed by atoms with van der Waals surface area (Å²) in [5.74, 6) is 1.17. The molecule has 0 unspecified atom stereocenters. The van der Waals surface area contributed by atoms with Crippen LogP contribution in [0.15, 0.2) is 48.5 Å². The van der Waals surface area contributed by atoms with Crippen LogP contribution < -0.4 is 10.5 Å². The molecule has 0 aliphatic carbocycles. The molecule has 3 aromatic rings. The van der Waals surface area contributed by atoms with Gasteiger partial charge in [0.15, 0.2) is 0 Å². The molecule has 3 rings (SSSR count). The maximum atomic E-state index is 10.2. The van der Waals surface area contributed by atoms with Crippen molar-refractivity contribution in [2.45, 2.75) is 19.3 Å². The molecule has 6 heteroatoms. The molecule has 0 saturated heterocycles. The number of fused-ring (bicyclic) bond motifs is 1. The van der Waals surface area contributed by atoms with Crippen molar-refractivity contribution in [3.05, 3.63) is 54.4 Å². The van der Waals surface area contributed by atoms with Crippen LogP contribution in [0.5, 0.6) is 5.75 Å². The Balaban J connectivity index is 1.70. The largest absolute Gasteiger partial charge is 0.491 e. The molecular weight excluding hydrogens is 294 g/mol. The van der Waals surface area contributed by atoms with Gasteiger partial charge in [-0.15, -0.1) is 0 Å². The number of nitrogens with zero attached hydrogens (tertiary/aromatic N) is 2. The zero-order chi connectivity index (χ0) is 16.2. The minimum Gasteiger partial charge on any atom is -0.491 e. The van der Waals surface area contributed by atoms with Crippen molar-refractivity contribution in [2.75, 3.05) is 12.3 Å². The van der Waals surface area contributed by atoms with Gasteiger partial charge in [-0.05, 0) is 36.4 Å². The van der Waals surface area contributed by atoms with Gasteiger partial charge in [-0.25, -0.2) is 4.98 Å². The highest BCUT2D eigenvalue weighted by Gasteiger charge is 2.14. The summed E-state index contributed by atoms with van der Waals surface area (Å²) in [4.78, 5) is 4.36. The van der Waals surface area contributed by atoms with Crippen LogP contribution in [-0.4, -0.2) is 32.5 Å². The van der Waals surface area contributed by atoms with Crippen LogP contribution in [0.3, 0.4) is 0 Å². The molecule has 0 aliphatic heterocycles. The predicted molar refractivity (Wildman–Crippen MR) is 88.0 cm³/mol. The Morgan fingerprint density at radius 3 is 2.61 bits per heavy atom. The molecule has 1 heterocycles. The lowest BCUT2D eigenvalue weighted by Crippen LogP contribution is -2.24. The Morgan fingerprint density at radius 2 is 1.87 bits per heavy atom. The van der Waals surface area contributed by atoms with Crippen molar-refractivity contribution >= 4 is 16.7 Å². The fourth-order valence-corrected chi connectivity index (χ4v) is 2.47. The number of nitrogen functional groups attached to an aromatic ring is 1. The minimum absolute atomic E-state index is 0.140. The molecule has 4 N–H and O–H groups in total. The molecule has 0 radical (unpaired) electrons. The summed E-state index contributed by atoms with van der Waals surface area (Å²) in [6, 6.07) is 14.6. The lowest BCUT2D eigenvalue weighted by Gasteiger charge is -2.15. The van der Waals surface area contributed by atoms with E-state index in [0.29, 0.717) is 23.8 Å². The van der Waals surface area contributed by atoms with E-state index in [1.54, 1.807) is 24.3 Å². The molecule has 0 spiro atoms. The average Bonchev–Trinajstić information content (AvgIpc) is 2.92. The quantitative estimate of drug-likeness (QED) is 0.600. The summed E-state index contributed by atoms with van der Waals surface area (Å²) in [5.41, 5.74) is 7.95. The van der Waals surface area contributed by atoms with Crippen molar-refractivity contribution in [2.24, 2.45) is 0 Å². The number of rotatable bonds is 6. The molecule has 0 amide bonds. The van der Waals surface area contributed by atoms with Gasteiger partial charge in [0.05, 0.1) is 17.6 Å². The number of benzene rings is 2. The van der Waals surface area contributed by atoms with Gasteiger partial charge in [-0.2, -0.15) is 0 Å². The highest BCUT2D eigenvalue weighted by Crippen LogP contribution is 2.17. The van der Waals surface area contributed by atoms with Crippen LogP contribution >= 0.6 is 0 Å². The number of ether oxygens (including phenoxy) is 1. The lowest BCUT2D eigenvalue weighted by molar-refractivity contribution is 0.0915. The van der Waals surface area contributed by atoms with Crippen LogP contribution in [0.1, 0.15) is 5.82 Å². The minimum atomic E-state index is -0.726. The highest BCUT2D eigenvalue weighted by atomic mass is 16.5. The Morgan fingerprint density at radius 1 is 1.13 bits per heavy atom. The second-order valence-electron chi connectivity index (χ2n) is 5.32. The fraction of sp³-hybridized carbons (Fsp3) is 0.235. The molecule has 1 atom stereocenters. The SMILES string of the molecule is Nc1ccc(OC[C@H](O)Cn2c(CO)nc3ccccc32)cc1. The molecule has 0 bridgehead atoms. The van der Waals surface area contributed by atoms with Crippen molar-refractivity contribution in [1.82, 2.24) is 9.55 Å². The molecule has 0 fully saturated rings. The topological polar surface area (TPSA) is 93.5 Å². The number of anilines is 1. The zero-order valence-corrected chi connectivity index (χ0v) is 12.6. The van der Waals surface area contributed by atoms with E-state index in [0.717, 1.165) is 11.0 Å². The third-order valence-corrected chi connectivity index (χ3v) is 3.59. The van der Waals surface area contributed by atoms with Crippen molar-refractivity contribution < 1.29 is 14.9 Å². The van der Waals surface area contributed by atoms with Gasteiger partial charge in [0, 0.05) is 5.69 Å². The van der Waals surface area contributed by atoms with Gasteiger partial charge in [-0.3, -0.25) is 0 Å². The molecule has 2 aromatic carbocycles. The third kappa shape index (κ3) is 3.44. The van der Waals surface area contributed by atoms with Crippen LogP contribution in [0.4, 0.5) is 5.69 Å². The fourth-order valence-electron chi connectivity index (χ4n) is 2.47. The standard InChI is InChI=1S/C17H19N3O3/c18-12-5-7-14(8-6-12)23-11-13(22)9-20-16-4-2-1-3-15(16)19-17(20)10-21/h1-8,13,21-22H,9-11,18H2/t13-/m1/s1. The number of aliphatic hydroxyl groups excluding tert-OH is 2. The first-order chi connectivity index (χ1) is 11.2. The van der Waals surface area contributed by atoms with Crippen molar-refractivity contribution in [1.29, 1.82) is 0 Å². The molecular formula is C17H19N3O3. The van der Waals surface area contributed by atoms with E-state index in [1.165, 1.54) is 0 Å². The van der Waals surface area contributed by atoms with Gasteiger partial charge >= 0.3 is 0 Å². The molecule has 1 aromatic heterocycles. The first kappa shape index (κ1) is 15.3. The Hall–Kier alpha value is -2.57. The Labute approximate surface area is 133 Å². The van der Waals surface area contributed by atoms with Crippen LogP contribution in [-0.2, 0) is 13.2 Å². The number of nitrogens with two attached hydrogens (primary N) is 1. The second kappa shape index (κ2) is 6.68. The van der Waals surface area contributed by atoms with Crippen molar-refractivity contribution in [3.63, 3.8) is 0 Å². The molecule has 23 heavy (non-hydrogen) atoms. The van der Waals surface area contributed by atoms with Crippen molar-refractivity contribution in [3.8, 4) is 5.75 Å². The van der Waals surface area contributed by atoms with Gasteiger partial charge in [0.25, 0.3) is 0 Å². The first-order valence-corrected chi connectivity index (χ1v) is 7.39. The van der Waals surface area contributed by atoms with Gasteiger partial charge in [0.1, 0.15) is 30.9 Å². The number of hydrogen-bond donors (Lipinski definition) is 3.